The van der Waals surface area contributed by atoms with Gasteiger partial charge >= 0.3 is 0 Å². The van der Waals surface area contributed by atoms with Gasteiger partial charge in [-0.15, -0.1) is 0 Å². The van der Waals surface area contributed by atoms with Crippen molar-refractivity contribution in [3.63, 3.8) is 0 Å². The summed E-state index contributed by atoms with van der Waals surface area (Å²) in [5, 5.41) is 10.0. The number of nitrogens with zero attached hydrogens (tertiary/aromatic N) is 3. The van der Waals surface area contributed by atoms with E-state index in [1.807, 2.05) is 12.4 Å². The number of fused-ring (bicyclic) bond motifs is 9. The zero-order chi connectivity index (χ0) is 33.0. The van der Waals surface area contributed by atoms with Crippen molar-refractivity contribution in [2.45, 2.75) is 0 Å². The van der Waals surface area contributed by atoms with Crippen LogP contribution in [-0.2, 0) is 0 Å². The molecule has 0 saturated heterocycles. The van der Waals surface area contributed by atoms with Crippen LogP contribution in [0.4, 0.5) is 17.1 Å². The first-order chi connectivity index (χ1) is 24.8. The molecule has 3 heteroatoms. The zero-order valence-electron chi connectivity index (χ0n) is 27.2. The van der Waals surface area contributed by atoms with Crippen LogP contribution in [0.25, 0.3) is 70.9 Å². The summed E-state index contributed by atoms with van der Waals surface area (Å²) < 4.78 is 2.34. The molecular weight excluding hydrogens is 607 g/mol. The normalized spacial score (nSPS) is 11.6. The quantitative estimate of drug-likeness (QED) is 0.175. The van der Waals surface area contributed by atoms with Crippen molar-refractivity contribution < 1.29 is 0 Å². The van der Waals surface area contributed by atoms with E-state index in [0.29, 0.717) is 0 Å². The molecule has 10 aromatic rings. The van der Waals surface area contributed by atoms with Crippen molar-refractivity contribution in [2.75, 3.05) is 4.90 Å². The van der Waals surface area contributed by atoms with Crippen molar-refractivity contribution in [3.05, 3.63) is 188 Å². The first-order valence-electron chi connectivity index (χ1n) is 17.0. The lowest BCUT2D eigenvalue weighted by molar-refractivity contribution is 1.15. The molecule has 0 atom stereocenters. The molecule has 0 unspecified atom stereocenters. The molecule has 2 heterocycles. The highest BCUT2D eigenvalue weighted by Gasteiger charge is 2.19. The maximum Gasteiger partial charge on any atom is 0.0542 e. The number of pyridine rings is 1. The van der Waals surface area contributed by atoms with Gasteiger partial charge in [-0.25, -0.2) is 0 Å². The van der Waals surface area contributed by atoms with Gasteiger partial charge in [-0.1, -0.05) is 115 Å². The minimum Gasteiger partial charge on any atom is -0.310 e. The van der Waals surface area contributed by atoms with E-state index in [0.717, 1.165) is 28.3 Å². The molecule has 0 amide bonds. The van der Waals surface area contributed by atoms with Gasteiger partial charge < -0.3 is 9.47 Å². The van der Waals surface area contributed by atoms with E-state index >= 15 is 0 Å². The lowest BCUT2D eigenvalue weighted by Crippen LogP contribution is -2.10. The van der Waals surface area contributed by atoms with Crippen molar-refractivity contribution in [1.82, 2.24) is 9.55 Å². The fourth-order valence-corrected chi connectivity index (χ4v) is 7.79. The highest BCUT2D eigenvalue weighted by Crippen LogP contribution is 2.43. The predicted octanol–water partition coefficient (Wildman–Crippen LogP) is 12.8. The van der Waals surface area contributed by atoms with Crippen LogP contribution in [0.2, 0.25) is 0 Å². The lowest BCUT2D eigenvalue weighted by Gasteiger charge is -2.27. The molecule has 0 spiro atoms. The number of anilines is 3. The Balaban J connectivity index is 1.22. The van der Waals surface area contributed by atoms with Crippen LogP contribution >= 0.6 is 0 Å². The fraction of sp³-hybridized carbons (Fsp3) is 0. The Morgan fingerprint density at radius 2 is 0.820 bits per heavy atom. The Kier molecular flexibility index (Phi) is 6.49. The molecule has 3 nitrogen and oxygen atoms in total. The summed E-state index contributed by atoms with van der Waals surface area (Å²) in [6.07, 6.45) is 3.72. The number of aromatic nitrogens is 2. The Hall–Kier alpha value is -6.71. The van der Waals surface area contributed by atoms with Crippen LogP contribution in [0.15, 0.2) is 188 Å². The Labute approximate surface area is 289 Å². The molecule has 0 radical (unpaired) electrons. The first kappa shape index (κ1) is 28.3. The van der Waals surface area contributed by atoms with Gasteiger partial charge in [0.15, 0.2) is 0 Å². The smallest absolute Gasteiger partial charge is 0.0542 e. The maximum atomic E-state index is 4.28. The average Bonchev–Trinajstić information content (AvgIpc) is 3.53. The van der Waals surface area contributed by atoms with Crippen molar-refractivity contribution in [3.8, 4) is 16.8 Å². The second-order valence-corrected chi connectivity index (χ2v) is 12.8. The number of rotatable bonds is 5. The van der Waals surface area contributed by atoms with E-state index in [-0.39, 0.29) is 0 Å². The topological polar surface area (TPSA) is 21.1 Å². The SMILES string of the molecule is c1ccc(-c2ccc(N(c3ccc4c5ccccc5c5ccccc5c4c3)c3ccc4c(c3)c3ccccc3n4-c3ccncc3)cc2)cc1. The highest BCUT2D eigenvalue weighted by molar-refractivity contribution is 6.25. The van der Waals surface area contributed by atoms with Crippen molar-refractivity contribution in [2.24, 2.45) is 0 Å². The molecule has 0 aliphatic rings. The van der Waals surface area contributed by atoms with E-state index < -0.39 is 0 Å². The Morgan fingerprint density at radius 3 is 1.50 bits per heavy atom. The van der Waals surface area contributed by atoms with Crippen LogP contribution in [0.1, 0.15) is 0 Å². The molecule has 8 aromatic carbocycles. The number of hydrogen-bond donors (Lipinski definition) is 0. The molecule has 0 fully saturated rings. The summed E-state index contributed by atoms with van der Waals surface area (Å²) in [6.45, 7) is 0. The maximum absolute atomic E-state index is 4.28. The summed E-state index contributed by atoms with van der Waals surface area (Å²) in [5.41, 5.74) is 9.16. The first-order valence-corrected chi connectivity index (χ1v) is 17.0. The van der Waals surface area contributed by atoms with Gasteiger partial charge in [0.05, 0.1) is 11.0 Å². The third-order valence-corrected chi connectivity index (χ3v) is 10.1. The molecule has 2 aromatic heterocycles. The second kappa shape index (κ2) is 11.5. The fourth-order valence-electron chi connectivity index (χ4n) is 7.79. The third kappa shape index (κ3) is 4.48. The van der Waals surface area contributed by atoms with E-state index in [4.69, 9.17) is 0 Å². The molecule has 0 saturated carbocycles. The molecule has 234 valence electrons. The molecule has 0 aliphatic heterocycles. The monoisotopic (exact) mass is 637 g/mol. The summed E-state index contributed by atoms with van der Waals surface area (Å²) in [7, 11) is 0. The van der Waals surface area contributed by atoms with Crippen LogP contribution in [0.3, 0.4) is 0 Å². The van der Waals surface area contributed by atoms with Gasteiger partial charge in [0.25, 0.3) is 0 Å². The van der Waals surface area contributed by atoms with Gasteiger partial charge in [0, 0.05) is 45.9 Å². The molecule has 0 bridgehead atoms. The average molecular weight is 638 g/mol. The summed E-state index contributed by atoms with van der Waals surface area (Å²) in [5.74, 6) is 0. The van der Waals surface area contributed by atoms with Crippen molar-refractivity contribution in [1.29, 1.82) is 0 Å². The van der Waals surface area contributed by atoms with Crippen LogP contribution < -0.4 is 4.90 Å². The van der Waals surface area contributed by atoms with Gasteiger partial charge in [0.1, 0.15) is 0 Å². The summed E-state index contributed by atoms with van der Waals surface area (Å²) >= 11 is 0. The van der Waals surface area contributed by atoms with Gasteiger partial charge in [-0.2, -0.15) is 0 Å². The van der Waals surface area contributed by atoms with E-state index in [9.17, 15) is 0 Å². The van der Waals surface area contributed by atoms with Crippen molar-refractivity contribution >= 4 is 71.2 Å². The minimum absolute atomic E-state index is 1.10. The largest absolute Gasteiger partial charge is 0.310 e. The molecule has 10 rings (SSSR count). The van der Waals surface area contributed by atoms with Gasteiger partial charge in [0.2, 0.25) is 0 Å². The van der Waals surface area contributed by atoms with Crippen LogP contribution in [-0.4, -0.2) is 9.55 Å². The molecule has 0 N–H and O–H groups in total. The van der Waals surface area contributed by atoms with E-state index in [1.54, 1.807) is 0 Å². The highest BCUT2D eigenvalue weighted by atomic mass is 15.1. The van der Waals surface area contributed by atoms with E-state index in [1.165, 1.54) is 59.7 Å². The zero-order valence-corrected chi connectivity index (χ0v) is 27.2. The van der Waals surface area contributed by atoms with E-state index in [2.05, 4.69) is 190 Å². The summed E-state index contributed by atoms with van der Waals surface area (Å²) in [4.78, 5) is 6.68. The predicted molar refractivity (Wildman–Crippen MR) is 211 cm³/mol. The number of benzene rings is 8. The second-order valence-electron chi connectivity index (χ2n) is 12.8. The summed E-state index contributed by atoms with van der Waals surface area (Å²) in [6, 6.07) is 63.7. The number of hydrogen-bond acceptors (Lipinski definition) is 2. The van der Waals surface area contributed by atoms with Crippen LogP contribution in [0, 0.1) is 0 Å². The standard InChI is InChI=1S/C47H31N3/c1-2-10-32(11-3-1)33-18-20-34(21-19-33)49(36-22-24-42-40-14-5-4-12-38(40)39-13-6-7-15-41(39)44(42)30-36)37-23-25-47-45(31-37)43-16-8-9-17-46(43)50(47)35-26-28-48-29-27-35/h1-31H. The van der Waals surface area contributed by atoms with Crippen LogP contribution in [0.5, 0.6) is 0 Å². The Bertz CT molecular complexity index is 2820. The minimum atomic E-state index is 1.10. The van der Waals surface area contributed by atoms with Gasteiger partial charge in [-0.05, 0) is 104 Å². The lowest BCUT2D eigenvalue weighted by atomic mass is 9.94. The number of para-hydroxylation sites is 1. The Morgan fingerprint density at radius 1 is 0.340 bits per heavy atom. The molecule has 0 aliphatic carbocycles. The molecule has 50 heavy (non-hydrogen) atoms. The third-order valence-electron chi connectivity index (χ3n) is 10.1. The molecular formula is C47H31N3. The van der Waals surface area contributed by atoms with Gasteiger partial charge in [-0.3, -0.25) is 4.98 Å².